The lowest BCUT2D eigenvalue weighted by Crippen LogP contribution is -2.33. The van der Waals surface area contributed by atoms with Crippen LogP contribution in [-0.4, -0.2) is 30.9 Å². The molecule has 0 aliphatic rings. The Morgan fingerprint density at radius 1 is 1.58 bits per heavy atom. The molecular weight excluding hydrogens is 152 g/mol. The maximum absolute atomic E-state index is 11.5. The lowest BCUT2D eigenvalue weighted by atomic mass is 10.1. The molecule has 3 heteroatoms. The van der Waals surface area contributed by atoms with Crippen LogP contribution in [0.25, 0.3) is 0 Å². The molecule has 12 heavy (non-hydrogen) atoms. The zero-order valence-electron chi connectivity index (χ0n) is 8.34. The molecular formula is C9H20N2O. The molecule has 0 rings (SSSR count). The third-order valence-corrected chi connectivity index (χ3v) is 1.96. The van der Waals surface area contributed by atoms with Crippen molar-refractivity contribution in [3.8, 4) is 0 Å². The highest BCUT2D eigenvalue weighted by Gasteiger charge is 2.15. The number of hydrogen-bond donors (Lipinski definition) is 1. The predicted molar refractivity (Wildman–Crippen MR) is 50.8 cm³/mol. The molecule has 0 heterocycles. The molecule has 0 aliphatic carbocycles. The second kappa shape index (κ2) is 6.00. The van der Waals surface area contributed by atoms with Gasteiger partial charge in [-0.2, -0.15) is 0 Å². The molecule has 0 radical (unpaired) electrons. The quantitative estimate of drug-likeness (QED) is 0.668. The average molecular weight is 172 g/mol. The summed E-state index contributed by atoms with van der Waals surface area (Å²) in [6.45, 7) is 5.43. The van der Waals surface area contributed by atoms with Crippen LogP contribution in [0.1, 0.15) is 26.7 Å². The van der Waals surface area contributed by atoms with Crippen LogP contribution in [-0.2, 0) is 4.79 Å². The molecule has 0 saturated carbocycles. The maximum atomic E-state index is 11.5. The molecule has 3 nitrogen and oxygen atoms in total. The largest absolute Gasteiger partial charge is 0.346 e. The lowest BCUT2D eigenvalue weighted by molar-refractivity contribution is -0.133. The molecule has 1 unspecified atom stereocenters. The van der Waals surface area contributed by atoms with Gasteiger partial charge in [0.25, 0.3) is 0 Å². The van der Waals surface area contributed by atoms with Crippen LogP contribution in [0.4, 0.5) is 0 Å². The zero-order chi connectivity index (χ0) is 9.56. The third kappa shape index (κ3) is 3.72. The minimum atomic E-state index is 0.0755. The molecule has 1 atom stereocenters. The second-order valence-electron chi connectivity index (χ2n) is 3.24. The Labute approximate surface area is 74.9 Å². The van der Waals surface area contributed by atoms with E-state index in [-0.39, 0.29) is 11.8 Å². The summed E-state index contributed by atoms with van der Waals surface area (Å²) in [5, 5.41) is 0. The molecule has 0 fully saturated rings. The van der Waals surface area contributed by atoms with Crippen LogP contribution in [0.5, 0.6) is 0 Å². The molecule has 0 bridgehead atoms. The van der Waals surface area contributed by atoms with E-state index in [1.165, 1.54) is 0 Å². The van der Waals surface area contributed by atoms with Gasteiger partial charge < -0.3 is 10.6 Å². The van der Waals surface area contributed by atoms with Gasteiger partial charge in [0.15, 0.2) is 0 Å². The number of nitrogens with two attached hydrogens (primary N) is 1. The summed E-state index contributed by atoms with van der Waals surface area (Å²) in [7, 11) is 1.85. The zero-order valence-corrected chi connectivity index (χ0v) is 8.34. The van der Waals surface area contributed by atoms with E-state index in [4.69, 9.17) is 5.73 Å². The normalized spacial score (nSPS) is 12.7. The van der Waals surface area contributed by atoms with E-state index in [9.17, 15) is 4.79 Å². The minimum absolute atomic E-state index is 0.0755. The predicted octanol–water partition coefficient (Wildman–Crippen LogP) is 0.840. The van der Waals surface area contributed by atoms with Gasteiger partial charge in [0.05, 0.1) is 0 Å². The van der Waals surface area contributed by atoms with Gasteiger partial charge in [-0.15, -0.1) is 0 Å². The van der Waals surface area contributed by atoms with Crippen molar-refractivity contribution in [3.63, 3.8) is 0 Å². The highest BCUT2D eigenvalue weighted by atomic mass is 16.2. The number of carbonyl (C=O) groups is 1. The van der Waals surface area contributed by atoms with E-state index in [1.807, 2.05) is 14.0 Å². The second-order valence-corrected chi connectivity index (χ2v) is 3.24. The first-order chi connectivity index (χ1) is 5.63. The van der Waals surface area contributed by atoms with Crippen molar-refractivity contribution in [1.82, 2.24) is 4.90 Å². The standard InChI is InChI=1S/C9H20N2O/c1-4-7-11(3)9(12)8(2)5-6-10/h8H,4-7,10H2,1-3H3. The molecule has 0 aliphatic heterocycles. The van der Waals surface area contributed by atoms with Crippen LogP contribution in [0.15, 0.2) is 0 Å². The van der Waals surface area contributed by atoms with Crippen LogP contribution in [0.3, 0.4) is 0 Å². The van der Waals surface area contributed by atoms with Gasteiger partial charge in [-0.25, -0.2) is 0 Å². The van der Waals surface area contributed by atoms with Crippen molar-refractivity contribution in [2.24, 2.45) is 11.7 Å². The fraction of sp³-hybridized carbons (Fsp3) is 0.889. The molecule has 0 aromatic rings. The van der Waals surface area contributed by atoms with Gasteiger partial charge in [0.2, 0.25) is 5.91 Å². The summed E-state index contributed by atoms with van der Waals surface area (Å²) in [6, 6.07) is 0. The SMILES string of the molecule is CCCN(C)C(=O)C(C)CCN. The Balaban J connectivity index is 3.82. The average Bonchev–Trinajstić information content (AvgIpc) is 2.04. The van der Waals surface area contributed by atoms with E-state index in [1.54, 1.807) is 4.90 Å². The van der Waals surface area contributed by atoms with Gasteiger partial charge >= 0.3 is 0 Å². The molecule has 72 valence electrons. The maximum Gasteiger partial charge on any atom is 0.225 e. The number of rotatable bonds is 5. The summed E-state index contributed by atoms with van der Waals surface area (Å²) in [5.41, 5.74) is 5.37. The van der Waals surface area contributed by atoms with Gasteiger partial charge in [-0.3, -0.25) is 4.79 Å². The third-order valence-electron chi connectivity index (χ3n) is 1.96. The Morgan fingerprint density at radius 3 is 2.58 bits per heavy atom. The molecule has 0 aromatic heterocycles. The Kier molecular flexibility index (Phi) is 5.72. The topological polar surface area (TPSA) is 46.3 Å². The first-order valence-electron chi connectivity index (χ1n) is 4.58. The van der Waals surface area contributed by atoms with Crippen molar-refractivity contribution >= 4 is 5.91 Å². The van der Waals surface area contributed by atoms with Crippen LogP contribution in [0, 0.1) is 5.92 Å². The van der Waals surface area contributed by atoms with Crippen molar-refractivity contribution < 1.29 is 4.79 Å². The minimum Gasteiger partial charge on any atom is -0.346 e. The number of carbonyl (C=O) groups excluding carboxylic acids is 1. The van der Waals surface area contributed by atoms with Gasteiger partial charge in [-0.05, 0) is 19.4 Å². The van der Waals surface area contributed by atoms with Crippen molar-refractivity contribution in [2.45, 2.75) is 26.7 Å². The number of hydrogen-bond acceptors (Lipinski definition) is 2. The van der Waals surface area contributed by atoms with Crippen molar-refractivity contribution in [3.05, 3.63) is 0 Å². The molecule has 0 saturated heterocycles. The summed E-state index contributed by atoms with van der Waals surface area (Å²) < 4.78 is 0. The Morgan fingerprint density at radius 2 is 2.17 bits per heavy atom. The highest BCUT2D eigenvalue weighted by molar-refractivity contribution is 5.78. The van der Waals surface area contributed by atoms with Gasteiger partial charge in [0, 0.05) is 19.5 Å². The van der Waals surface area contributed by atoms with Crippen LogP contribution >= 0.6 is 0 Å². The smallest absolute Gasteiger partial charge is 0.225 e. The monoisotopic (exact) mass is 172 g/mol. The van der Waals surface area contributed by atoms with E-state index >= 15 is 0 Å². The van der Waals surface area contributed by atoms with E-state index < -0.39 is 0 Å². The summed E-state index contributed by atoms with van der Waals surface area (Å²) in [4.78, 5) is 13.3. The van der Waals surface area contributed by atoms with E-state index in [0.29, 0.717) is 6.54 Å². The first-order valence-corrected chi connectivity index (χ1v) is 4.58. The Bertz CT molecular complexity index is 122. The molecule has 2 N–H and O–H groups in total. The highest BCUT2D eigenvalue weighted by Crippen LogP contribution is 2.04. The van der Waals surface area contributed by atoms with Crippen molar-refractivity contribution in [2.75, 3.05) is 20.1 Å². The summed E-state index contributed by atoms with van der Waals surface area (Å²) in [5.74, 6) is 0.286. The molecule has 0 aromatic carbocycles. The fourth-order valence-electron chi connectivity index (χ4n) is 1.20. The van der Waals surface area contributed by atoms with Crippen LogP contribution < -0.4 is 5.73 Å². The number of amides is 1. The van der Waals surface area contributed by atoms with E-state index in [0.717, 1.165) is 19.4 Å². The van der Waals surface area contributed by atoms with E-state index in [2.05, 4.69) is 6.92 Å². The first kappa shape index (κ1) is 11.4. The van der Waals surface area contributed by atoms with Crippen LogP contribution in [0.2, 0.25) is 0 Å². The molecule has 1 amide bonds. The Hall–Kier alpha value is -0.570. The van der Waals surface area contributed by atoms with Crippen molar-refractivity contribution in [1.29, 1.82) is 0 Å². The van der Waals surface area contributed by atoms with Gasteiger partial charge in [0.1, 0.15) is 0 Å². The lowest BCUT2D eigenvalue weighted by Gasteiger charge is -2.20. The summed E-state index contributed by atoms with van der Waals surface area (Å²) >= 11 is 0. The number of nitrogens with zero attached hydrogens (tertiary/aromatic N) is 1. The molecule has 0 spiro atoms. The summed E-state index contributed by atoms with van der Waals surface area (Å²) in [6.07, 6.45) is 1.80. The van der Waals surface area contributed by atoms with Gasteiger partial charge in [-0.1, -0.05) is 13.8 Å². The fourth-order valence-corrected chi connectivity index (χ4v) is 1.20.